The van der Waals surface area contributed by atoms with Gasteiger partial charge in [-0.3, -0.25) is 0 Å². The molecule has 1 spiro atoms. The van der Waals surface area contributed by atoms with Gasteiger partial charge in [-0.25, -0.2) is 0 Å². The number of aliphatic hydroxyl groups excluding tert-OH is 2. The second-order valence-corrected chi connectivity index (χ2v) is 5.40. The molecule has 3 N–H and O–H groups in total. The molecule has 0 bridgehead atoms. The fourth-order valence-corrected chi connectivity index (χ4v) is 3.57. The van der Waals surface area contributed by atoms with Gasteiger partial charge in [0, 0.05) is 18.1 Å². The lowest BCUT2D eigenvalue weighted by Gasteiger charge is -2.55. The van der Waals surface area contributed by atoms with E-state index in [1.807, 2.05) is 6.92 Å². The van der Waals surface area contributed by atoms with Gasteiger partial charge in [-0.2, -0.15) is 0 Å². The average molecular weight is 243 g/mol. The van der Waals surface area contributed by atoms with Crippen LogP contribution in [0.15, 0.2) is 0 Å². The summed E-state index contributed by atoms with van der Waals surface area (Å²) in [6.07, 6.45) is 6.41. The molecule has 0 aromatic rings. The zero-order valence-corrected chi connectivity index (χ0v) is 10.7. The summed E-state index contributed by atoms with van der Waals surface area (Å²) in [5, 5.41) is 21.7. The predicted octanol–water partition coefficient (Wildman–Crippen LogP) is 0.667. The van der Waals surface area contributed by atoms with E-state index in [2.05, 4.69) is 5.32 Å². The summed E-state index contributed by atoms with van der Waals surface area (Å²) in [6, 6.07) is 0.228. The van der Waals surface area contributed by atoms with Crippen LogP contribution < -0.4 is 5.32 Å². The van der Waals surface area contributed by atoms with Gasteiger partial charge in [0.15, 0.2) is 0 Å². The Morgan fingerprint density at radius 2 is 1.94 bits per heavy atom. The number of hydrogen-bond acceptors (Lipinski definition) is 4. The van der Waals surface area contributed by atoms with Gasteiger partial charge < -0.3 is 20.3 Å². The highest BCUT2D eigenvalue weighted by atomic mass is 16.5. The Morgan fingerprint density at radius 1 is 1.29 bits per heavy atom. The van der Waals surface area contributed by atoms with E-state index in [4.69, 9.17) is 14.9 Å². The van der Waals surface area contributed by atoms with Gasteiger partial charge >= 0.3 is 0 Å². The lowest BCUT2D eigenvalue weighted by molar-refractivity contribution is -0.134. The summed E-state index contributed by atoms with van der Waals surface area (Å²) in [7, 11) is 0. The maximum Gasteiger partial charge on any atom is 0.0661 e. The minimum absolute atomic E-state index is 0.00236. The Kier molecular flexibility index (Phi) is 4.42. The van der Waals surface area contributed by atoms with E-state index in [0.29, 0.717) is 12.1 Å². The van der Waals surface area contributed by atoms with Crippen LogP contribution in [0.3, 0.4) is 0 Å². The highest BCUT2D eigenvalue weighted by molar-refractivity contribution is 5.10. The number of rotatable bonds is 6. The number of ether oxygens (including phenoxy) is 1. The third kappa shape index (κ3) is 2.36. The molecule has 4 heteroatoms. The predicted molar refractivity (Wildman–Crippen MR) is 65.8 cm³/mol. The zero-order chi connectivity index (χ0) is 12.3. The van der Waals surface area contributed by atoms with E-state index in [1.165, 1.54) is 25.7 Å². The van der Waals surface area contributed by atoms with Crippen LogP contribution in [0.25, 0.3) is 0 Å². The van der Waals surface area contributed by atoms with E-state index in [-0.39, 0.29) is 24.7 Å². The minimum Gasteiger partial charge on any atom is -0.395 e. The Labute approximate surface area is 103 Å². The van der Waals surface area contributed by atoms with Gasteiger partial charge in [0.25, 0.3) is 0 Å². The molecule has 0 aliphatic heterocycles. The molecule has 2 fully saturated rings. The maximum atomic E-state index is 9.14. The fourth-order valence-electron chi connectivity index (χ4n) is 3.57. The Morgan fingerprint density at radius 3 is 2.47 bits per heavy atom. The molecule has 100 valence electrons. The van der Waals surface area contributed by atoms with Gasteiger partial charge in [-0.15, -0.1) is 0 Å². The van der Waals surface area contributed by atoms with Gasteiger partial charge in [0.05, 0.1) is 25.4 Å². The normalized spacial score (nSPS) is 31.1. The first-order valence-electron chi connectivity index (χ1n) is 6.86. The summed E-state index contributed by atoms with van der Waals surface area (Å²) >= 11 is 0. The van der Waals surface area contributed by atoms with Crippen LogP contribution in [0.5, 0.6) is 0 Å². The van der Waals surface area contributed by atoms with Gasteiger partial charge in [-0.05, 0) is 26.2 Å². The van der Waals surface area contributed by atoms with Crippen molar-refractivity contribution in [3.63, 3.8) is 0 Å². The smallest absolute Gasteiger partial charge is 0.0661 e. The topological polar surface area (TPSA) is 61.7 Å². The van der Waals surface area contributed by atoms with Crippen LogP contribution in [0, 0.1) is 5.41 Å². The molecule has 0 saturated heterocycles. The highest BCUT2D eigenvalue weighted by Crippen LogP contribution is 2.54. The van der Waals surface area contributed by atoms with Crippen molar-refractivity contribution < 1.29 is 14.9 Å². The molecule has 2 atom stereocenters. The molecular weight excluding hydrogens is 218 g/mol. The molecule has 4 nitrogen and oxygen atoms in total. The molecular formula is C13H25NO3. The quantitative estimate of drug-likeness (QED) is 0.641. The number of nitrogens with one attached hydrogen (secondary N) is 1. The number of hydrogen-bond donors (Lipinski definition) is 3. The van der Waals surface area contributed by atoms with Crippen LogP contribution in [-0.4, -0.2) is 48.2 Å². The number of aliphatic hydroxyl groups is 2. The Balaban J connectivity index is 1.95. The van der Waals surface area contributed by atoms with E-state index < -0.39 is 0 Å². The SMILES string of the molecule is CCOC1CC(NC(CO)CO)C12CCCC2. The summed E-state index contributed by atoms with van der Waals surface area (Å²) in [4.78, 5) is 0. The van der Waals surface area contributed by atoms with Crippen molar-refractivity contribution in [1.29, 1.82) is 0 Å². The molecule has 0 amide bonds. The summed E-state index contributed by atoms with van der Waals surface area (Å²) in [5.74, 6) is 0. The molecule has 0 aromatic heterocycles. The summed E-state index contributed by atoms with van der Waals surface area (Å²) in [5.41, 5.74) is 0.276. The average Bonchev–Trinajstić information content (AvgIpc) is 2.85. The Hall–Kier alpha value is -0.160. The van der Waals surface area contributed by atoms with Crippen LogP contribution in [0.4, 0.5) is 0 Å². The molecule has 17 heavy (non-hydrogen) atoms. The first-order chi connectivity index (χ1) is 8.26. The van der Waals surface area contributed by atoms with E-state index >= 15 is 0 Å². The van der Waals surface area contributed by atoms with E-state index in [1.54, 1.807) is 0 Å². The first-order valence-corrected chi connectivity index (χ1v) is 6.86. The maximum absolute atomic E-state index is 9.14. The van der Waals surface area contributed by atoms with Crippen molar-refractivity contribution in [3.05, 3.63) is 0 Å². The second-order valence-electron chi connectivity index (χ2n) is 5.40. The Bertz CT molecular complexity index is 237. The van der Waals surface area contributed by atoms with E-state index in [9.17, 15) is 0 Å². The lowest BCUT2D eigenvalue weighted by Crippen LogP contribution is -2.65. The summed E-state index contributed by atoms with van der Waals surface area (Å²) in [6.45, 7) is 2.83. The zero-order valence-electron chi connectivity index (χ0n) is 10.7. The highest BCUT2D eigenvalue weighted by Gasteiger charge is 2.56. The third-order valence-electron chi connectivity index (χ3n) is 4.56. The lowest BCUT2D eigenvalue weighted by atomic mass is 9.60. The second kappa shape index (κ2) is 5.65. The van der Waals surface area contributed by atoms with Crippen LogP contribution in [0.2, 0.25) is 0 Å². The molecule has 2 aliphatic rings. The van der Waals surface area contributed by atoms with Crippen molar-refractivity contribution >= 4 is 0 Å². The summed E-state index contributed by atoms with van der Waals surface area (Å²) < 4.78 is 5.83. The van der Waals surface area contributed by atoms with Gasteiger partial charge in [0.1, 0.15) is 0 Å². The molecule has 0 radical (unpaired) electrons. The fraction of sp³-hybridized carbons (Fsp3) is 1.00. The van der Waals surface area contributed by atoms with Crippen molar-refractivity contribution in [2.45, 2.75) is 57.2 Å². The minimum atomic E-state index is -0.181. The molecule has 2 saturated carbocycles. The van der Waals surface area contributed by atoms with Crippen molar-refractivity contribution in [2.75, 3.05) is 19.8 Å². The first kappa shape index (κ1) is 13.3. The third-order valence-corrected chi connectivity index (χ3v) is 4.56. The van der Waals surface area contributed by atoms with Gasteiger partial charge in [-0.1, -0.05) is 12.8 Å². The van der Waals surface area contributed by atoms with Crippen molar-refractivity contribution in [1.82, 2.24) is 5.32 Å². The molecule has 0 heterocycles. The molecule has 2 rings (SSSR count). The van der Waals surface area contributed by atoms with Crippen LogP contribution >= 0.6 is 0 Å². The largest absolute Gasteiger partial charge is 0.395 e. The molecule has 0 aromatic carbocycles. The van der Waals surface area contributed by atoms with Gasteiger partial charge in [0.2, 0.25) is 0 Å². The van der Waals surface area contributed by atoms with Crippen molar-refractivity contribution in [2.24, 2.45) is 5.41 Å². The monoisotopic (exact) mass is 243 g/mol. The van der Waals surface area contributed by atoms with Crippen LogP contribution in [-0.2, 0) is 4.74 Å². The standard InChI is InChI=1S/C13H25NO3/c1-2-17-12-7-11(14-10(8-15)9-16)13(12)5-3-4-6-13/h10-12,14-16H,2-9H2,1H3. The molecule has 2 aliphatic carbocycles. The van der Waals surface area contributed by atoms with Crippen LogP contribution in [0.1, 0.15) is 39.0 Å². The molecule has 2 unspecified atom stereocenters. The van der Waals surface area contributed by atoms with E-state index in [0.717, 1.165) is 13.0 Å². The van der Waals surface area contributed by atoms with Crippen molar-refractivity contribution in [3.8, 4) is 0 Å².